The number of anilines is 2. The molecule has 1 heterocycles. The Morgan fingerprint density at radius 3 is 2.55 bits per heavy atom. The van der Waals surface area contributed by atoms with Gasteiger partial charge in [0.25, 0.3) is 5.91 Å². The van der Waals surface area contributed by atoms with Gasteiger partial charge in [-0.3, -0.25) is 9.10 Å². The lowest BCUT2D eigenvalue weighted by Gasteiger charge is -2.31. The van der Waals surface area contributed by atoms with Gasteiger partial charge in [0, 0.05) is 17.8 Å². The van der Waals surface area contributed by atoms with E-state index in [-0.39, 0.29) is 11.7 Å². The van der Waals surface area contributed by atoms with Gasteiger partial charge in [-0.05, 0) is 55.2 Å². The molecule has 1 amide bonds. The zero-order valence-corrected chi connectivity index (χ0v) is 17.7. The molecule has 2 aromatic carbocycles. The summed E-state index contributed by atoms with van der Waals surface area (Å²) in [7, 11) is -0.332. The normalized spacial score (nSPS) is 13.6. The molecule has 1 aliphatic rings. The Morgan fingerprint density at radius 1 is 1.10 bits per heavy atom. The molecule has 1 N–H and O–H groups in total. The van der Waals surface area contributed by atoms with Crippen molar-refractivity contribution in [3.63, 3.8) is 0 Å². The summed E-state index contributed by atoms with van der Waals surface area (Å²) < 4.78 is 37.2. The number of methoxy groups -OCH3 is 2. The Morgan fingerprint density at radius 2 is 1.86 bits per heavy atom. The lowest BCUT2D eigenvalue weighted by molar-refractivity contribution is 0.102. The standard InChI is InChI=1S/C21H26N2O5S/c1-4-12-29(25,26)23-11-5-6-15-7-9-17(14-18(15)23)22-21(24)16-8-10-19(27-2)20(13-16)28-3/h7-10,13-14H,4-6,11-12H2,1-3H3,(H,22,24). The van der Waals surface area contributed by atoms with Crippen molar-refractivity contribution in [2.45, 2.75) is 26.2 Å². The molecule has 0 saturated carbocycles. The fourth-order valence-corrected chi connectivity index (χ4v) is 5.07. The minimum absolute atomic E-state index is 0.106. The van der Waals surface area contributed by atoms with Crippen LogP contribution in [0, 0.1) is 0 Å². The summed E-state index contributed by atoms with van der Waals surface area (Å²) in [6.07, 6.45) is 2.16. The molecular formula is C21H26N2O5S. The maximum Gasteiger partial charge on any atom is 0.255 e. The van der Waals surface area contributed by atoms with Crippen LogP contribution < -0.4 is 19.1 Å². The first-order valence-electron chi connectivity index (χ1n) is 9.56. The molecule has 0 bridgehead atoms. The number of hydrogen-bond donors (Lipinski definition) is 1. The van der Waals surface area contributed by atoms with Gasteiger partial charge in [-0.25, -0.2) is 8.42 Å². The first kappa shape index (κ1) is 21.0. The van der Waals surface area contributed by atoms with Crippen molar-refractivity contribution in [2.75, 3.05) is 36.1 Å². The summed E-state index contributed by atoms with van der Waals surface area (Å²) in [5.74, 6) is 0.788. The number of ether oxygens (including phenoxy) is 2. The van der Waals surface area contributed by atoms with E-state index in [4.69, 9.17) is 9.47 Å². The molecule has 0 aliphatic carbocycles. The van der Waals surface area contributed by atoms with Crippen molar-refractivity contribution in [3.05, 3.63) is 47.5 Å². The smallest absolute Gasteiger partial charge is 0.255 e. The minimum atomic E-state index is -3.37. The number of fused-ring (bicyclic) bond motifs is 1. The van der Waals surface area contributed by atoms with Gasteiger partial charge in [0.2, 0.25) is 10.0 Å². The first-order valence-corrected chi connectivity index (χ1v) is 11.2. The molecule has 7 nitrogen and oxygen atoms in total. The Balaban J connectivity index is 1.87. The van der Waals surface area contributed by atoms with E-state index in [2.05, 4.69) is 5.32 Å². The summed E-state index contributed by atoms with van der Waals surface area (Å²) in [4.78, 5) is 12.7. The Bertz CT molecular complexity index is 1000. The van der Waals surface area contributed by atoms with Gasteiger partial charge < -0.3 is 14.8 Å². The number of benzene rings is 2. The molecular weight excluding hydrogens is 392 g/mol. The number of sulfonamides is 1. The van der Waals surface area contributed by atoms with E-state index in [1.54, 1.807) is 30.3 Å². The second-order valence-electron chi connectivity index (χ2n) is 6.86. The van der Waals surface area contributed by atoms with Crippen LogP contribution in [0.4, 0.5) is 11.4 Å². The summed E-state index contributed by atoms with van der Waals surface area (Å²) in [6.45, 7) is 2.31. The van der Waals surface area contributed by atoms with Crippen LogP contribution in [0.1, 0.15) is 35.7 Å². The SMILES string of the molecule is CCCS(=O)(=O)N1CCCc2ccc(NC(=O)c3ccc(OC)c(OC)c3)cc21. The average molecular weight is 419 g/mol. The van der Waals surface area contributed by atoms with Gasteiger partial charge in [-0.1, -0.05) is 13.0 Å². The lowest BCUT2D eigenvalue weighted by atomic mass is 10.0. The van der Waals surface area contributed by atoms with Gasteiger partial charge in [-0.15, -0.1) is 0 Å². The average Bonchev–Trinajstić information content (AvgIpc) is 2.72. The van der Waals surface area contributed by atoms with Gasteiger partial charge in [0.1, 0.15) is 0 Å². The molecule has 0 aromatic heterocycles. The molecule has 0 atom stereocenters. The maximum atomic E-state index is 12.7. The fourth-order valence-electron chi connectivity index (χ4n) is 3.46. The third-order valence-electron chi connectivity index (χ3n) is 4.86. The highest BCUT2D eigenvalue weighted by atomic mass is 32.2. The van der Waals surface area contributed by atoms with E-state index in [0.717, 1.165) is 18.4 Å². The van der Waals surface area contributed by atoms with Crippen LogP contribution in [-0.4, -0.2) is 40.8 Å². The number of amides is 1. The van der Waals surface area contributed by atoms with Crippen molar-refractivity contribution in [2.24, 2.45) is 0 Å². The van der Waals surface area contributed by atoms with E-state index in [9.17, 15) is 13.2 Å². The van der Waals surface area contributed by atoms with Gasteiger partial charge >= 0.3 is 0 Å². The Labute approximate surface area is 171 Å². The zero-order chi connectivity index (χ0) is 21.0. The number of nitrogens with zero attached hydrogens (tertiary/aromatic N) is 1. The number of rotatable bonds is 7. The minimum Gasteiger partial charge on any atom is -0.493 e. The number of nitrogens with one attached hydrogen (secondary N) is 1. The highest BCUT2D eigenvalue weighted by molar-refractivity contribution is 7.92. The second kappa shape index (κ2) is 8.73. The predicted molar refractivity (Wildman–Crippen MR) is 114 cm³/mol. The molecule has 0 spiro atoms. The summed E-state index contributed by atoms with van der Waals surface area (Å²) >= 11 is 0. The van der Waals surface area contributed by atoms with Crippen LogP contribution in [0.3, 0.4) is 0 Å². The van der Waals surface area contributed by atoms with Crippen molar-refractivity contribution >= 4 is 27.3 Å². The van der Waals surface area contributed by atoms with E-state index in [1.165, 1.54) is 18.5 Å². The van der Waals surface area contributed by atoms with Crippen molar-refractivity contribution in [3.8, 4) is 11.5 Å². The van der Waals surface area contributed by atoms with E-state index >= 15 is 0 Å². The summed E-state index contributed by atoms with van der Waals surface area (Å²) in [5.41, 5.74) is 2.58. The third-order valence-corrected chi connectivity index (χ3v) is 6.84. The number of carbonyl (C=O) groups excluding carboxylic acids is 1. The van der Waals surface area contributed by atoms with Gasteiger partial charge in [0.15, 0.2) is 11.5 Å². The van der Waals surface area contributed by atoms with Crippen molar-refractivity contribution < 1.29 is 22.7 Å². The quantitative estimate of drug-likeness (QED) is 0.744. The summed E-state index contributed by atoms with van der Waals surface area (Å²) in [5, 5.41) is 2.84. The highest BCUT2D eigenvalue weighted by Gasteiger charge is 2.27. The van der Waals surface area contributed by atoms with E-state index in [1.807, 2.05) is 13.0 Å². The molecule has 0 unspecified atom stereocenters. The van der Waals surface area contributed by atoms with E-state index in [0.29, 0.717) is 41.4 Å². The summed E-state index contributed by atoms with van der Waals surface area (Å²) in [6, 6.07) is 10.3. The van der Waals surface area contributed by atoms with Crippen LogP contribution in [0.15, 0.2) is 36.4 Å². The molecule has 0 fully saturated rings. The van der Waals surface area contributed by atoms with Crippen molar-refractivity contribution in [1.29, 1.82) is 0 Å². The van der Waals surface area contributed by atoms with Crippen LogP contribution in [0.25, 0.3) is 0 Å². The number of hydrogen-bond acceptors (Lipinski definition) is 5. The molecule has 8 heteroatoms. The van der Waals surface area contributed by atoms with Crippen LogP contribution >= 0.6 is 0 Å². The molecule has 3 rings (SSSR count). The predicted octanol–water partition coefficient (Wildman–Crippen LogP) is 3.45. The Kier molecular flexibility index (Phi) is 6.32. The van der Waals surface area contributed by atoms with Crippen LogP contribution in [0.5, 0.6) is 11.5 Å². The fraction of sp³-hybridized carbons (Fsp3) is 0.381. The number of aryl methyl sites for hydroxylation is 1. The van der Waals surface area contributed by atoms with Gasteiger partial charge in [-0.2, -0.15) is 0 Å². The Hall–Kier alpha value is -2.74. The third kappa shape index (κ3) is 4.48. The number of carbonyl (C=O) groups is 1. The second-order valence-corrected chi connectivity index (χ2v) is 8.87. The molecule has 0 radical (unpaired) electrons. The molecule has 29 heavy (non-hydrogen) atoms. The van der Waals surface area contributed by atoms with E-state index < -0.39 is 10.0 Å². The molecule has 0 saturated heterocycles. The lowest BCUT2D eigenvalue weighted by Crippen LogP contribution is -2.37. The topological polar surface area (TPSA) is 84.9 Å². The maximum absolute atomic E-state index is 12.7. The monoisotopic (exact) mass is 418 g/mol. The highest BCUT2D eigenvalue weighted by Crippen LogP contribution is 2.33. The molecule has 2 aromatic rings. The van der Waals surface area contributed by atoms with Crippen LogP contribution in [-0.2, 0) is 16.4 Å². The van der Waals surface area contributed by atoms with Crippen molar-refractivity contribution in [1.82, 2.24) is 0 Å². The molecule has 156 valence electrons. The largest absolute Gasteiger partial charge is 0.493 e. The van der Waals surface area contributed by atoms with Crippen LogP contribution in [0.2, 0.25) is 0 Å². The first-order chi connectivity index (χ1) is 13.9. The van der Waals surface area contributed by atoms with Gasteiger partial charge in [0.05, 0.1) is 25.7 Å². The zero-order valence-electron chi connectivity index (χ0n) is 16.9. The molecule has 1 aliphatic heterocycles.